The van der Waals surface area contributed by atoms with Crippen LogP contribution >= 0.6 is 0 Å². The molecule has 23 heavy (non-hydrogen) atoms. The van der Waals surface area contributed by atoms with E-state index in [-0.39, 0.29) is 0 Å². The van der Waals surface area contributed by atoms with Gasteiger partial charge in [-0.05, 0) is 31.2 Å². The summed E-state index contributed by atoms with van der Waals surface area (Å²) in [5.41, 5.74) is -0.656. The van der Waals surface area contributed by atoms with E-state index in [0.29, 0.717) is 0 Å². The Labute approximate surface area is 131 Å². The highest BCUT2D eigenvalue weighted by Crippen LogP contribution is 2.24. The minimum atomic E-state index is -4.30. The van der Waals surface area contributed by atoms with E-state index < -0.39 is 50.1 Å². The van der Waals surface area contributed by atoms with Crippen molar-refractivity contribution in [2.75, 3.05) is 0 Å². The topological polar surface area (TPSA) is 66.4 Å². The highest BCUT2D eigenvalue weighted by molar-refractivity contribution is 7.89. The number of benzene rings is 2. The third-order valence-electron chi connectivity index (χ3n) is 3.24. The third-order valence-corrected chi connectivity index (χ3v) is 4.83. The summed E-state index contributed by atoms with van der Waals surface area (Å²) in [5, 5.41) is 10.0. The van der Waals surface area contributed by atoms with E-state index >= 15 is 0 Å². The highest BCUT2D eigenvalue weighted by atomic mass is 32.2. The van der Waals surface area contributed by atoms with E-state index in [9.17, 15) is 26.7 Å². The summed E-state index contributed by atoms with van der Waals surface area (Å²) in [6.45, 7) is 1.22. The zero-order valence-corrected chi connectivity index (χ0v) is 12.8. The molecule has 4 nitrogen and oxygen atoms in total. The molecular formula is C15H14F3NO3S. The molecule has 0 aliphatic heterocycles. The molecule has 0 spiro atoms. The Kier molecular flexibility index (Phi) is 5.08. The maximum Gasteiger partial charge on any atom is 0.243 e. The van der Waals surface area contributed by atoms with Crippen molar-refractivity contribution in [2.24, 2.45) is 0 Å². The van der Waals surface area contributed by atoms with Crippen molar-refractivity contribution >= 4 is 10.0 Å². The maximum atomic E-state index is 13.6. The minimum absolute atomic E-state index is 0.618. The summed E-state index contributed by atoms with van der Waals surface area (Å²) < 4.78 is 67.1. The maximum absolute atomic E-state index is 13.6. The molecule has 8 heteroatoms. The van der Waals surface area contributed by atoms with Gasteiger partial charge in [0.1, 0.15) is 28.5 Å². The predicted octanol–water partition coefficient (Wildman–Crippen LogP) is 2.50. The molecule has 2 N–H and O–H groups in total. The van der Waals surface area contributed by atoms with Gasteiger partial charge in [0.2, 0.25) is 10.0 Å². The van der Waals surface area contributed by atoms with Gasteiger partial charge < -0.3 is 5.11 Å². The second-order valence-electron chi connectivity index (χ2n) is 4.92. The van der Waals surface area contributed by atoms with Crippen LogP contribution in [0.1, 0.15) is 18.6 Å². The van der Waals surface area contributed by atoms with Gasteiger partial charge in [-0.15, -0.1) is 0 Å². The molecule has 0 aromatic heterocycles. The van der Waals surface area contributed by atoms with Crippen molar-refractivity contribution in [3.8, 4) is 0 Å². The Morgan fingerprint density at radius 2 is 1.48 bits per heavy atom. The van der Waals surface area contributed by atoms with E-state index in [1.54, 1.807) is 0 Å². The number of nitrogens with one attached hydrogen (secondary N) is 1. The molecule has 0 aliphatic carbocycles. The second-order valence-corrected chi connectivity index (χ2v) is 6.60. The molecule has 2 atom stereocenters. The van der Waals surface area contributed by atoms with Gasteiger partial charge in [-0.25, -0.2) is 26.3 Å². The summed E-state index contributed by atoms with van der Waals surface area (Å²) in [6, 6.07) is 6.38. The van der Waals surface area contributed by atoms with Crippen LogP contribution in [0.5, 0.6) is 0 Å². The van der Waals surface area contributed by atoms with Crippen LogP contribution in [0.15, 0.2) is 47.4 Å². The van der Waals surface area contributed by atoms with E-state index in [1.165, 1.54) is 19.1 Å². The van der Waals surface area contributed by atoms with E-state index in [1.807, 2.05) is 4.72 Å². The molecule has 2 rings (SSSR count). The molecule has 0 bridgehead atoms. The van der Waals surface area contributed by atoms with E-state index in [0.717, 1.165) is 30.3 Å². The SMILES string of the molecule is C[C@@H](NS(=O)(=O)c1ccccc1F)[C@@H](O)c1c(F)cccc1F. The first-order valence-corrected chi connectivity index (χ1v) is 8.11. The Bertz CT molecular complexity index is 791. The largest absolute Gasteiger partial charge is 0.387 e. The summed E-state index contributed by atoms with van der Waals surface area (Å²) in [7, 11) is -4.30. The van der Waals surface area contributed by atoms with Crippen LogP contribution in [0, 0.1) is 17.5 Å². The van der Waals surface area contributed by atoms with Gasteiger partial charge in [-0.1, -0.05) is 18.2 Å². The molecule has 0 aliphatic rings. The summed E-state index contributed by atoms with van der Waals surface area (Å²) in [4.78, 5) is -0.618. The number of aliphatic hydroxyl groups excluding tert-OH is 1. The van der Waals surface area contributed by atoms with Gasteiger partial charge in [0.25, 0.3) is 0 Å². The fourth-order valence-corrected chi connectivity index (χ4v) is 3.41. The van der Waals surface area contributed by atoms with Crippen molar-refractivity contribution < 1.29 is 26.7 Å². The number of halogens is 3. The second kappa shape index (κ2) is 6.69. The van der Waals surface area contributed by atoms with Crippen LogP contribution < -0.4 is 4.72 Å². The molecule has 124 valence electrons. The summed E-state index contributed by atoms with van der Waals surface area (Å²) >= 11 is 0. The molecule has 0 heterocycles. The van der Waals surface area contributed by atoms with Crippen LogP contribution in [0.2, 0.25) is 0 Å². The van der Waals surface area contributed by atoms with Gasteiger partial charge in [0.15, 0.2) is 0 Å². The van der Waals surface area contributed by atoms with Crippen molar-refractivity contribution in [1.82, 2.24) is 4.72 Å². The van der Waals surface area contributed by atoms with Crippen molar-refractivity contribution in [3.05, 3.63) is 65.5 Å². The van der Waals surface area contributed by atoms with Crippen LogP contribution in [0.3, 0.4) is 0 Å². The van der Waals surface area contributed by atoms with Gasteiger partial charge >= 0.3 is 0 Å². The lowest BCUT2D eigenvalue weighted by atomic mass is 10.0. The van der Waals surface area contributed by atoms with Gasteiger partial charge in [-0.2, -0.15) is 0 Å². The molecule has 0 amide bonds. The van der Waals surface area contributed by atoms with Crippen molar-refractivity contribution in [2.45, 2.75) is 24.0 Å². The molecule has 0 unspecified atom stereocenters. The number of sulfonamides is 1. The van der Waals surface area contributed by atoms with Crippen molar-refractivity contribution in [1.29, 1.82) is 0 Å². The van der Waals surface area contributed by atoms with E-state index in [2.05, 4.69) is 0 Å². The fraction of sp³-hybridized carbons (Fsp3) is 0.200. The Morgan fingerprint density at radius 3 is 2.04 bits per heavy atom. The lowest BCUT2D eigenvalue weighted by Crippen LogP contribution is -2.38. The molecular weight excluding hydrogens is 331 g/mol. The van der Waals surface area contributed by atoms with Crippen LogP contribution in [-0.4, -0.2) is 19.6 Å². The zero-order chi connectivity index (χ0) is 17.2. The predicted molar refractivity (Wildman–Crippen MR) is 77.5 cm³/mol. The van der Waals surface area contributed by atoms with Gasteiger partial charge in [0, 0.05) is 6.04 Å². The Morgan fingerprint density at radius 1 is 0.957 bits per heavy atom. The monoisotopic (exact) mass is 345 g/mol. The molecule has 0 fully saturated rings. The Hall–Kier alpha value is -1.90. The number of hydrogen-bond acceptors (Lipinski definition) is 3. The molecule has 2 aromatic carbocycles. The molecule has 2 aromatic rings. The summed E-state index contributed by atoms with van der Waals surface area (Å²) in [6.07, 6.45) is -1.78. The highest BCUT2D eigenvalue weighted by Gasteiger charge is 2.28. The van der Waals surface area contributed by atoms with Gasteiger partial charge in [-0.3, -0.25) is 0 Å². The Balaban J connectivity index is 2.28. The first-order chi connectivity index (χ1) is 10.7. The first kappa shape index (κ1) is 17.5. The average molecular weight is 345 g/mol. The summed E-state index contributed by atoms with van der Waals surface area (Å²) in [5.74, 6) is -2.98. The smallest absolute Gasteiger partial charge is 0.243 e. The quantitative estimate of drug-likeness (QED) is 0.875. The first-order valence-electron chi connectivity index (χ1n) is 6.63. The van der Waals surface area contributed by atoms with Crippen LogP contribution in [-0.2, 0) is 10.0 Å². The number of rotatable bonds is 5. The number of hydrogen-bond donors (Lipinski definition) is 2. The molecule has 0 saturated carbocycles. The minimum Gasteiger partial charge on any atom is -0.387 e. The number of aliphatic hydroxyl groups is 1. The lowest BCUT2D eigenvalue weighted by molar-refractivity contribution is 0.137. The lowest BCUT2D eigenvalue weighted by Gasteiger charge is -2.21. The fourth-order valence-electron chi connectivity index (χ4n) is 2.08. The normalized spacial score (nSPS) is 14.5. The standard InChI is InChI=1S/C15H14F3NO3S/c1-9(15(20)14-11(17)6-4-7-12(14)18)19-23(21,22)13-8-3-2-5-10(13)16/h2-9,15,19-20H,1H3/t9-,15-/m1/s1. The van der Waals surface area contributed by atoms with Gasteiger partial charge in [0.05, 0.1) is 5.56 Å². The van der Waals surface area contributed by atoms with Crippen LogP contribution in [0.25, 0.3) is 0 Å². The third kappa shape index (κ3) is 3.72. The molecule has 0 saturated heterocycles. The van der Waals surface area contributed by atoms with Crippen LogP contribution in [0.4, 0.5) is 13.2 Å². The van der Waals surface area contributed by atoms with Crippen molar-refractivity contribution in [3.63, 3.8) is 0 Å². The zero-order valence-electron chi connectivity index (χ0n) is 12.0. The average Bonchev–Trinajstić information content (AvgIpc) is 2.46. The molecule has 0 radical (unpaired) electrons. The van der Waals surface area contributed by atoms with E-state index in [4.69, 9.17) is 0 Å².